The second-order valence-electron chi connectivity index (χ2n) is 3.61. The standard InChI is InChI=1S/C12H15N3O4/c1-3-13-12(18)15-10(16)8(2)19-11(17)9-6-4-5-7-14-9/h4-8H,3H2,1-2H3,(H2,13,15,16,18). The first-order valence-electron chi connectivity index (χ1n) is 5.75. The Labute approximate surface area is 110 Å². The van der Waals surface area contributed by atoms with Gasteiger partial charge in [0.1, 0.15) is 5.69 Å². The van der Waals surface area contributed by atoms with E-state index in [2.05, 4.69) is 15.6 Å². The Morgan fingerprint density at radius 2 is 2.11 bits per heavy atom. The summed E-state index contributed by atoms with van der Waals surface area (Å²) in [4.78, 5) is 38.0. The van der Waals surface area contributed by atoms with Crippen molar-refractivity contribution in [2.45, 2.75) is 20.0 Å². The van der Waals surface area contributed by atoms with Crippen LogP contribution in [0.1, 0.15) is 24.3 Å². The minimum absolute atomic E-state index is 0.0974. The summed E-state index contributed by atoms with van der Waals surface area (Å²) >= 11 is 0. The molecule has 7 nitrogen and oxygen atoms in total. The highest BCUT2D eigenvalue weighted by Crippen LogP contribution is 2.00. The summed E-state index contributed by atoms with van der Waals surface area (Å²) in [7, 11) is 0. The highest BCUT2D eigenvalue weighted by Gasteiger charge is 2.20. The summed E-state index contributed by atoms with van der Waals surface area (Å²) in [6.45, 7) is 3.48. The molecule has 0 aliphatic rings. The van der Waals surface area contributed by atoms with Gasteiger partial charge in [-0.3, -0.25) is 10.1 Å². The number of nitrogens with one attached hydrogen (secondary N) is 2. The van der Waals surface area contributed by atoms with Crippen LogP contribution in [-0.2, 0) is 9.53 Å². The van der Waals surface area contributed by atoms with Gasteiger partial charge in [0.05, 0.1) is 0 Å². The smallest absolute Gasteiger partial charge is 0.357 e. The van der Waals surface area contributed by atoms with E-state index < -0.39 is 24.0 Å². The zero-order chi connectivity index (χ0) is 14.3. The molecule has 1 heterocycles. The number of aromatic nitrogens is 1. The number of amides is 3. The Hall–Kier alpha value is -2.44. The molecule has 1 rings (SSSR count). The van der Waals surface area contributed by atoms with E-state index in [-0.39, 0.29) is 5.69 Å². The summed E-state index contributed by atoms with van der Waals surface area (Å²) in [5.41, 5.74) is 0.0974. The molecule has 7 heteroatoms. The minimum atomic E-state index is -1.09. The third kappa shape index (κ3) is 4.74. The Balaban J connectivity index is 2.50. The van der Waals surface area contributed by atoms with Crippen molar-refractivity contribution in [1.29, 1.82) is 0 Å². The van der Waals surface area contributed by atoms with E-state index in [0.717, 1.165) is 0 Å². The molecular weight excluding hydrogens is 250 g/mol. The molecular formula is C12H15N3O4. The zero-order valence-electron chi connectivity index (χ0n) is 10.7. The number of nitrogens with zero attached hydrogens (tertiary/aromatic N) is 1. The fourth-order valence-corrected chi connectivity index (χ4v) is 1.18. The van der Waals surface area contributed by atoms with Gasteiger partial charge in [0, 0.05) is 12.7 Å². The number of carbonyl (C=O) groups excluding carboxylic acids is 3. The monoisotopic (exact) mass is 265 g/mol. The van der Waals surface area contributed by atoms with E-state index in [4.69, 9.17) is 4.74 Å². The molecule has 1 aromatic heterocycles. The molecule has 1 atom stereocenters. The lowest BCUT2D eigenvalue weighted by molar-refractivity contribution is -0.127. The van der Waals surface area contributed by atoms with Crippen LogP contribution in [0.5, 0.6) is 0 Å². The normalized spacial score (nSPS) is 11.3. The molecule has 0 saturated heterocycles. The van der Waals surface area contributed by atoms with E-state index in [9.17, 15) is 14.4 Å². The number of esters is 1. The number of carbonyl (C=O) groups is 3. The van der Waals surface area contributed by atoms with Gasteiger partial charge >= 0.3 is 12.0 Å². The molecule has 0 aliphatic heterocycles. The van der Waals surface area contributed by atoms with Gasteiger partial charge in [-0.15, -0.1) is 0 Å². The maximum atomic E-state index is 11.6. The van der Waals surface area contributed by atoms with Crippen molar-refractivity contribution in [3.63, 3.8) is 0 Å². The van der Waals surface area contributed by atoms with Crippen LogP contribution >= 0.6 is 0 Å². The Morgan fingerprint density at radius 3 is 2.68 bits per heavy atom. The quantitative estimate of drug-likeness (QED) is 0.771. The van der Waals surface area contributed by atoms with Crippen molar-refractivity contribution < 1.29 is 19.1 Å². The lowest BCUT2D eigenvalue weighted by Crippen LogP contribution is -2.44. The Kier molecular flexibility index (Phi) is 5.46. The van der Waals surface area contributed by atoms with Gasteiger partial charge in [0.2, 0.25) is 0 Å². The van der Waals surface area contributed by atoms with Crippen molar-refractivity contribution >= 4 is 17.9 Å². The second kappa shape index (κ2) is 7.10. The number of pyridine rings is 1. The van der Waals surface area contributed by atoms with Crippen LogP contribution in [-0.4, -0.2) is 35.5 Å². The van der Waals surface area contributed by atoms with Gasteiger partial charge in [-0.1, -0.05) is 6.07 Å². The molecule has 3 amide bonds. The van der Waals surface area contributed by atoms with Gasteiger partial charge in [-0.25, -0.2) is 14.6 Å². The van der Waals surface area contributed by atoms with Gasteiger partial charge in [0.15, 0.2) is 6.10 Å². The van der Waals surface area contributed by atoms with Crippen LogP contribution in [0, 0.1) is 0 Å². The SMILES string of the molecule is CCNC(=O)NC(=O)C(C)OC(=O)c1ccccn1. The van der Waals surface area contributed by atoms with Crippen LogP contribution in [0.25, 0.3) is 0 Å². The Bertz CT molecular complexity index is 461. The van der Waals surface area contributed by atoms with Crippen LogP contribution in [0.4, 0.5) is 4.79 Å². The fraction of sp³-hybridized carbons (Fsp3) is 0.333. The number of hydrogen-bond acceptors (Lipinski definition) is 5. The third-order valence-electron chi connectivity index (χ3n) is 2.10. The molecule has 0 radical (unpaired) electrons. The van der Waals surface area contributed by atoms with E-state index in [1.807, 2.05) is 0 Å². The van der Waals surface area contributed by atoms with Crippen molar-refractivity contribution in [2.24, 2.45) is 0 Å². The molecule has 102 valence electrons. The molecule has 0 spiro atoms. The van der Waals surface area contributed by atoms with E-state index in [1.54, 1.807) is 19.1 Å². The number of ether oxygens (including phenoxy) is 1. The first-order chi connectivity index (χ1) is 9.04. The zero-order valence-corrected chi connectivity index (χ0v) is 10.7. The summed E-state index contributed by atoms with van der Waals surface area (Å²) < 4.78 is 4.88. The lowest BCUT2D eigenvalue weighted by atomic mass is 10.3. The molecule has 0 bridgehead atoms. The lowest BCUT2D eigenvalue weighted by Gasteiger charge is -2.12. The van der Waals surface area contributed by atoms with E-state index in [0.29, 0.717) is 6.54 Å². The molecule has 0 aromatic carbocycles. The van der Waals surface area contributed by atoms with Crippen LogP contribution in [0.3, 0.4) is 0 Å². The number of imide groups is 1. The maximum Gasteiger partial charge on any atom is 0.357 e. The molecule has 19 heavy (non-hydrogen) atoms. The van der Waals surface area contributed by atoms with E-state index in [1.165, 1.54) is 19.2 Å². The first-order valence-corrected chi connectivity index (χ1v) is 5.75. The minimum Gasteiger partial charge on any atom is -0.448 e. The average molecular weight is 265 g/mol. The number of urea groups is 1. The van der Waals surface area contributed by atoms with Crippen LogP contribution in [0.2, 0.25) is 0 Å². The second-order valence-corrected chi connectivity index (χ2v) is 3.61. The number of hydrogen-bond donors (Lipinski definition) is 2. The fourth-order valence-electron chi connectivity index (χ4n) is 1.18. The van der Waals surface area contributed by atoms with Gasteiger partial charge < -0.3 is 10.1 Å². The summed E-state index contributed by atoms with van der Waals surface area (Å²) in [5, 5.41) is 4.44. The highest BCUT2D eigenvalue weighted by atomic mass is 16.5. The van der Waals surface area contributed by atoms with Gasteiger partial charge in [0.25, 0.3) is 5.91 Å². The van der Waals surface area contributed by atoms with Crippen LogP contribution < -0.4 is 10.6 Å². The van der Waals surface area contributed by atoms with Crippen molar-refractivity contribution in [3.8, 4) is 0 Å². The highest BCUT2D eigenvalue weighted by molar-refractivity contribution is 5.98. The summed E-state index contributed by atoms with van der Waals surface area (Å²) in [6.07, 6.45) is 0.354. The number of rotatable bonds is 4. The molecule has 0 aliphatic carbocycles. The van der Waals surface area contributed by atoms with Gasteiger partial charge in [-0.2, -0.15) is 0 Å². The summed E-state index contributed by atoms with van der Waals surface area (Å²) in [6, 6.07) is 4.12. The average Bonchev–Trinajstić information content (AvgIpc) is 2.39. The topological polar surface area (TPSA) is 97.4 Å². The molecule has 2 N–H and O–H groups in total. The third-order valence-corrected chi connectivity index (χ3v) is 2.10. The van der Waals surface area contributed by atoms with Crippen molar-refractivity contribution in [3.05, 3.63) is 30.1 Å². The Morgan fingerprint density at radius 1 is 1.37 bits per heavy atom. The van der Waals surface area contributed by atoms with E-state index >= 15 is 0 Å². The first kappa shape index (κ1) is 14.6. The molecule has 1 aromatic rings. The van der Waals surface area contributed by atoms with Crippen molar-refractivity contribution in [2.75, 3.05) is 6.54 Å². The maximum absolute atomic E-state index is 11.6. The molecule has 1 unspecified atom stereocenters. The molecule has 0 fully saturated rings. The predicted molar refractivity (Wildman–Crippen MR) is 66.3 cm³/mol. The largest absolute Gasteiger partial charge is 0.448 e. The molecule has 0 saturated carbocycles. The van der Waals surface area contributed by atoms with Gasteiger partial charge in [-0.05, 0) is 26.0 Å². The van der Waals surface area contributed by atoms with Crippen LogP contribution in [0.15, 0.2) is 24.4 Å². The predicted octanol–water partition coefficient (Wildman–Crippen LogP) is 0.473. The summed E-state index contributed by atoms with van der Waals surface area (Å²) in [5.74, 6) is -1.42. The van der Waals surface area contributed by atoms with Crippen molar-refractivity contribution in [1.82, 2.24) is 15.6 Å².